The minimum Gasteiger partial charge on any atom is -0.481 e. The van der Waals surface area contributed by atoms with E-state index in [9.17, 15) is 9.59 Å². The van der Waals surface area contributed by atoms with Gasteiger partial charge >= 0.3 is 0 Å². The third kappa shape index (κ3) is 5.95. The summed E-state index contributed by atoms with van der Waals surface area (Å²) in [6.45, 7) is 7.75. The summed E-state index contributed by atoms with van der Waals surface area (Å²) in [6.07, 6.45) is 0.271. The number of nitrogens with one attached hydrogen (secondary N) is 2. The second kappa shape index (κ2) is 9.94. The van der Waals surface area contributed by atoms with Crippen LogP contribution in [0.1, 0.15) is 40.9 Å². The van der Waals surface area contributed by atoms with E-state index in [0.717, 1.165) is 28.9 Å². The minimum atomic E-state index is -0.680. The Hall–Kier alpha value is -3.60. The molecule has 0 fully saturated rings. The lowest BCUT2D eigenvalue weighted by atomic mass is 10.1. The molecular weight excluding hydrogens is 388 g/mol. The number of amides is 2. The van der Waals surface area contributed by atoms with Crippen LogP contribution in [0, 0.1) is 13.8 Å². The molecule has 3 aromatic carbocycles. The molecule has 5 heteroatoms. The van der Waals surface area contributed by atoms with Crippen molar-refractivity contribution in [2.75, 3.05) is 10.6 Å². The molecule has 1 atom stereocenters. The number of hydrogen-bond donors (Lipinski definition) is 2. The van der Waals surface area contributed by atoms with Crippen LogP contribution in [0.5, 0.6) is 5.75 Å². The number of carbonyl (C=O) groups excluding carboxylic acids is 2. The molecule has 3 aromatic rings. The average molecular weight is 417 g/mol. The first kappa shape index (κ1) is 22.1. The molecule has 160 valence electrons. The fourth-order valence-electron chi connectivity index (χ4n) is 3.16. The van der Waals surface area contributed by atoms with Gasteiger partial charge in [0.1, 0.15) is 5.75 Å². The van der Waals surface area contributed by atoms with Gasteiger partial charge in [-0.15, -0.1) is 0 Å². The van der Waals surface area contributed by atoms with Gasteiger partial charge in [-0.1, -0.05) is 36.8 Å². The fourth-order valence-corrected chi connectivity index (χ4v) is 3.16. The van der Waals surface area contributed by atoms with Gasteiger partial charge in [0.05, 0.1) is 0 Å². The lowest BCUT2D eigenvalue weighted by Crippen LogP contribution is -2.30. The fraction of sp³-hybridized carbons (Fsp3) is 0.231. The second-order valence-corrected chi connectivity index (χ2v) is 7.60. The normalized spacial score (nSPS) is 11.5. The molecule has 0 radical (unpaired) electrons. The highest BCUT2D eigenvalue weighted by Crippen LogP contribution is 2.19. The Morgan fingerprint density at radius 3 is 2.19 bits per heavy atom. The summed E-state index contributed by atoms with van der Waals surface area (Å²) in [4.78, 5) is 24.9. The molecular formula is C26H28N2O3. The van der Waals surface area contributed by atoms with Crippen molar-refractivity contribution >= 4 is 23.2 Å². The van der Waals surface area contributed by atoms with Gasteiger partial charge in [-0.25, -0.2) is 0 Å². The van der Waals surface area contributed by atoms with E-state index >= 15 is 0 Å². The monoisotopic (exact) mass is 416 g/mol. The average Bonchev–Trinajstić information content (AvgIpc) is 2.76. The first-order valence-corrected chi connectivity index (χ1v) is 10.4. The number of hydrogen-bond acceptors (Lipinski definition) is 3. The van der Waals surface area contributed by atoms with Gasteiger partial charge < -0.3 is 15.4 Å². The molecule has 2 N–H and O–H groups in total. The highest BCUT2D eigenvalue weighted by Gasteiger charge is 2.15. The molecule has 31 heavy (non-hydrogen) atoms. The maximum Gasteiger partial charge on any atom is 0.265 e. The van der Waals surface area contributed by atoms with Gasteiger partial charge in [0, 0.05) is 16.9 Å². The number of anilines is 2. The zero-order chi connectivity index (χ0) is 22.4. The van der Waals surface area contributed by atoms with E-state index in [1.54, 1.807) is 31.2 Å². The third-order valence-electron chi connectivity index (χ3n) is 5.06. The van der Waals surface area contributed by atoms with E-state index in [2.05, 4.69) is 17.6 Å². The molecule has 0 spiro atoms. The smallest absolute Gasteiger partial charge is 0.265 e. The first-order valence-electron chi connectivity index (χ1n) is 10.4. The molecule has 0 aliphatic carbocycles. The van der Waals surface area contributed by atoms with Crippen molar-refractivity contribution in [2.45, 2.75) is 40.2 Å². The summed E-state index contributed by atoms with van der Waals surface area (Å²) >= 11 is 0. The summed E-state index contributed by atoms with van der Waals surface area (Å²) in [6, 6.07) is 20.4. The molecule has 0 saturated heterocycles. The number of aryl methyl sites for hydroxylation is 3. The van der Waals surface area contributed by atoms with Gasteiger partial charge in [-0.3, -0.25) is 9.59 Å². The summed E-state index contributed by atoms with van der Waals surface area (Å²) in [5, 5.41) is 5.78. The largest absolute Gasteiger partial charge is 0.481 e. The molecule has 0 saturated carbocycles. The molecule has 3 rings (SSSR count). The van der Waals surface area contributed by atoms with Crippen molar-refractivity contribution in [1.82, 2.24) is 0 Å². The Morgan fingerprint density at radius 2 is 1.58 bits per heavy atom. The standard InChI is InChI=1S/C26H28N2O3/c1-5-20-7-11-22(12-8-20)27-25(29)19(4)31-23-13-9-21(10-14-23)26(30)28-24-15-6-17(2)16-18(24)3/h6-16,19H,5H2,1-4H3,(H,27,29)(H,28,30)/t19-/m1/s1. The summed E-state index contributed by atoms with van der Waals surface area (Å²) in [5.41, 5.74) is 5.40. The molecule has 0 heterocycles. The van der Waals surface area contributed by atoms with Crippen LogP contribution in [0.4, 0.5) is 11.4 Å². The third-order valence-corrected chi connectivity index (χ3v) is 5.06. The Morgan fingerprint density at radius 1 is 0.903 bits per heavy atom. The molecule has 0 unspecified atom stereocenters. The Balaban J connectivity index is 1.57. The van der Waals surface area contributed by atoms with Crippen LogP contribution in [-0.2, 0) is 11.2 Å². The Bertz CT molecular complexity index is 1060. The van der Waals surface area contributed by atoms with Crippen molar-refractivity contribution < 1.29 is 14.3 Å². The van der Waals surface area contributed by atoms with Crippen LogP contribution >= 0.6 is 0 Å². The van der Waals surface area contributed by atoms with Crippen LogP contribution in [-0.4, -0.2) is 17.9 Å². The molecule has 0 aromatic heterocycles. The number of rotatable bonds is 7. The van der Waals surface area contributed by atoms with Gasteiger partial charge in [-0.05, 0) is 80.8 Å². The van der Waals surface area contributed by atoms with Gasteiger partial charge in [0.2, 0.25) is 0 Å². The van der Waals surface area contributed by atoms with Crippen LogP contribution in [0.3, 0.4) is 0 Å². The number of ether oxygens (including phenoxy) is 1. The van der Waals surface area contributed by atoms with Crippen LogP contribution in [0.25, 0.3) is 0 Å². The topological polar surface area (TPSA) is 67.4 Å². The van der Waals surface area contributed by atoms with E-state index in [1.807, 2.05) is 56.3 Å². The van der Waals surface area contributed by atoms with E-state index in [1.165, 1.54) is 5.56 Å². The van der Waals surface area contributed by atoms with Crippen molar-refractivity contribution in [3.8, 4) is 5.75 Å². The van der Waals surface area contributed by atoms with Crippen molar-refractivity contribution in [2.24, 2.45) is 0 Å². The lowest BCUT2D eigenvalue weighted by molar-refractivity contribution is -0.122. The predicted molar refractivity (Wildman–Crippen MR) is 125 cm³/mol. The minimum absolute atomic E-state index is 0.195. The second-order valence-electron chi connectivity index (χ2n) is 7.60. The van der Waals surface area contributed by atoms with Crippen LogP contribution in [0.2, 0.25) is 0 Å². The van der Waals surface area contributed by atoms with E-state index < -0.39 is 6.10 Å². The van der Waals surface area contributed by atoms with E-state index in [-0.39, 0.29) is 11.8 Å². The first-order chi connectivity index (χ1) is 14.9. The Labute approximate surface area is 183 Å². The van der Waals surface area contributed by atoms with Crippen LogP contribution < -0.4 is 15.4 Å². The van der Waals surface area contributed by atoms with Crippen molar-refractivity contribution in [3.63, 3.8) is 0 Å². The molecule has 2 amide bonds. The maximum atomic E-state index is 12.5. The van der Waals surface area contributed by atoms with Gasteiger partial charge in [0.15, 0.2) is 6.10 Å². The quantitative estimate of drug-likeness (QED) is 0.533. The number of carbonyl (C=O) groups is 2. The van der Waals surface area contributed by atoms with Gasteiger partial charge in [0.25, 0.3) is 11.8 Å². The summed E-state index contributed by atoms with van der Waals surface area (Å²) in [5.74, 6) is 0.0905. The van der Waals surface area contributed by atoms with Crippen molar-refractivity contribution in [3.05, 3.63) is 89.0 Å². The number of benzene rings is 3. The van der Waals surface area contributed by atoms with Gasteiger partial charge in [-0.2, -0.15) is 0 Å². The molecule has 0 aliphatic rings. The van der Waals surface area contributed by atoms with E-state index in [4.69, 9.17) is 4.74 Å². The zero-order valence-corrected chi connectivity index (χ0v) is 18.4. The predicted octanol–water partition coefficient (Wildman–Crippen LogP) is 5.52. The Kier molecular flexibility index (Phi) is 7.08. The maximum absolute atomic E-state index is 12.5. The van der Waals surface area contributed by atoms with Crippen molar-refractivity contribution in [1.29, 1.82) is 0 Å². The molecule has 0 bridgehead atoms. The zero-order valence-electron chi connectivity index (χ0n) is 18.4. The highest BCUT2D eigenvalue weighted by atomic mass is 16.5. The summed E-state index contributed by atoms with van der Waals surface area (Å²) < 4.78 is 5.73. The molecule has 0 aliphatic heterocycles. The molecule has 5 nitrogen and oxygen atoms in total. The summed E-state index contributed by atoms with van der Waals surface area (Å²) in [7, 11) is 0. The van der Waals surface area contributed by atoms with Crippen LogP contribution in [0.15, 0.2) is 66.7 Å². The lowest BCUT2D eigenvalue weighted by Gasteiger charge is -2.15. The SMILES string of the molecule is CCc1ccc(NC(=O)[C@@H](C)Oc2ccc(C(=O)Nc3ccc(C)cc3C)cc2)cc1. The van der Waals surface area contributed by atoms with E-state index in [0.29, 0.717) is 11.3 Å². The highest BCUT2D eigenvalue weighted by molar-refractivity contribution is 6.04.